The first kappa shape index (κ1) is 23.5. The average molecular weight is 483 g/mol. The number of hydrogen-bond acceptors (Lipinski definition) is 7. The van der Waals surface area contributed by atoms with Crippen LogP contribution in [0, 0.1) is 5.92 Å². The van der Waals surface area contributed by atoms with E-state index in [1.54, 1.807) is 0 Å². The Morgan fingerprint density at radius 1 is 1.23 bits per heavy atom. The molecule has 3 heterocycles. The number of rotatable bonds is 5. The molecule has 2 fully saturated rings. The summed E-state index contributed by atoms with van der Waals surface area (Å²) >= 11 is 0.880. The van der Waals surface area contributed by atoms with Crippen molar-refractivity contribution in [3.63, 3.8) is 0 Å². The maximum absolute atomic E-state index is 12.8. The number of alkyl halides is 3. The normalized spacial score (nSPS) is 20.9. The van der Waals surface area contributed by atoms with Crippen LogP contribution in [0.4, 0.5) is 13.2 Å². The number of likely N-dealkylation sites (tertiary alicyclic amines) is 1. The number of esters is 1. The molecule has 1 aromatic rings. The smallest absolute Gasteiger partial charge is 0.406 e. The first-order valence-electron chi connectivity index (χ1n) is 9.22. The Bertz CT molecular complexity index is 970. The number of thiophene rings is 1. The molecular weight excluding hydrogens is 463 g/mol. The Morgan fingerprint density at radius 2 is 1.87 bits per heavy atom. The lowest BCUT2D eigenvalue weighted by Gasteiger charge is -2.35. The summed E-state index contributed by atoms with van der Waals surface area (Å²) in [7, 11) is -2.69. The van der Waals surface area contributed by atoms with Crippen molar-refractivity contribution in [3.05, 3.63) is 17.0 Å². The second-order valence-corrected chi connectivity index (χ2v) is 10.2. The topological polar surface area (TPSA) is 104 Å². The number of methoxy groups -OCH3 is 1. The molecule has 2 aliphatic heterocycles. The van der Waals surface area contributed by atoms with Crippen molar-refractivity contribution < 1.29 is 40.7 Å². The van der Waals surface area contributed by atoms with Crippen LogP contribution in [0.5, 0.6) is 0 Å². The maximum atomic E-state index is 12.8. The van der Waals surface area contributed by atoms with Gasteiger partial charge in [-0.2, -0.15) is 17.5 Å². The molecule has 0 saturated carbocycles. The van der Waals surface area contributed by atoms with Gasteiger partial charge in [0.1, 0.15) is 10.8 Å². The van der Waals surface area contributed by atoms with Crippen LogP contribution >= 0.6 is 11.3 Å². The molecule has 0 N–H and O–H groups in total. The van der Waals surface area contributed by atoms with Gasteiger partial charge in [-0.05, 0) is 6.07 Å². The minimum Gasteiger partial charge on any atom is -0.465 e. The molecule has 1 unspecified atom stereocenters. The number of halogens is 3. The monoisotopic (exact) mass is 483 g/mol. The molecule has 0 spiro atoms. The third kappa shape index (κ3) is 5.18. The highest BCUT2D eigenvalue weighted by atomic mass is 32.2. The lowest BCUT2D eigenvalue weighted by molar-refractivity contribution is -0.157. The minimum absolute atomic E-state index is 0.00748. The van der Waals surface area contributed by atoms with Crippen LogP contribution in [0.1, 0.15) is 16.8 Å². The van der Waals surface area contributed by atoms with E-state index in [1.165, 1.54) is 27.8 Å². The number of carbonyl (C=O) groups is 3. The fourth-order valence-electron chi connectivity index (χ4n) is 3.52. The van der Waals surface area contributed by atoms with E-state index in [9.17, 15) is 36.0 Å². The summed E-state index contributed by atoms with van der Waals surface area (Å²) in [6.07, 6.45) is -4.83. The van der Waals surface area contributed by atoms with Gasteiger partial charge in [0.2, 0.25) is 11.8 Å². The van der Waals surface area contributed by atoms with E-state index in [1.807, 2.05) is 0 Å². The van der Waals surface area contributed by atoms with Crippen LogP contribution in [0.2, 0.25) is 0 Å². The predicted molar refractivity (Wildman–Crippen MR) is 102 cm³/mol. The Balaban J connectivity index is 1.59. The fourth-order valence-corrected chi connectivity index (χ4v) is 6.24. The second-order valence-electron chi connectivity index (χ2n) is 7.17. The van der Waals surface area contributed by atoms with Crippen molar-refractivity contribution in [2.24, 2.45) is 5.92 Å². The minimum atomic E-state index is -4.54. The largest absolute Gasteiger partial charge is 0.465 e. The van der Waals surface area contributed by atoms with Crippen molar-refractivity contribution in [3.8, 4) is 0 Å². The summed E-state index contributed by atoms with van der Waals surface area (Å²) < 4.78 is 68.9. The first-order chi connectivity index (χ1) is 14.4. The number of ether oxygens (including phenoxy) is 1. The van der Waals surface area contributed by atoms with E-state index < -0.39 is 46.4 Å². The Kier molecular flexibility index (Phi) is 6.62. The molecule has 0 radical (unpaired) electrons. The van der Waals surface area contributed by atoms with Crippen LogP contribution in [0.3, 0.4) is 0 Å². The Labute approximate surface area is 180 Å². The molecule has 9 nitrogen and oxygen atoms in total. The maximum Gasteiger partial charge on any atom is 0.406 e. The quantitative estimate of drug-likeness (QED) is 0.574. The van der Waals surface area contributed by atoms with Crippen molar-refractivity contribution >= 4 is 39.1 Å². The highest BCUT2D eigenvalue weighted by Crippen LogP contribution is 2.27. The van der Waals surface area contributed by atoms with E-state index in [0.29, 0.717) is 4.90 Å². The molecule has 1 atom stereocenters. The van der Waals surface area contributed by atoms with E-state index in [4.69, 9.17) is 0 Å². The molecule has 3 rings (SSSR count). The lowest BCUT2D eigenvalue weighted by atomic mass is 10.1. The van der Waals surface area contributed by atoms with Crippen molar-refractivity contribution in [2.45, 2.75) is 16.8 Å². The van der Waals surface area contributed by atoms with Gasteiger partial charge < -0.3 is 14.5 Å². The van der Waals surface area contributed by atoms with E-state index in [0.717, 1.165) is 11.3 Å². The van der Waals surface area contributed by atoms with Gasteiger partial charge in [-0.1, -0.05) is 0 Å². The molecule has 0 bridgehead atoms. The van der Waals surface area contributed by atoms with Gasteiger partial charge in [-0.15, -0.1) is 11.3 Å². The van der Waals surface area contributed by atoms with Gasteiger partial charge in [-0.3, -0.25) is 9.59 Å². The van der Waals surface area contributed by atoms with Crippen LogP contribution in [0.15, 0.2) is 15.7 Å². The van der Waals surface area contributed by atoms with Crippen molar-refractivity contribution in [1.29, 1.82) is 0 Å². The molecule has 2 aliphatic rings. The third-order valence-corrected chi connectivity index (χ3v) is 8.39. The van der Waals surface area contributed by atoms with Crippen molar-refractivity contribution in [1.82, 2.24) is 14.1 Å². The summed E-state index contributed by atoms with van der Waals surface area (Å²) in [6, 6.07) is 1.22. The van der Waals surface area contributed by atoms with Crippen LogP contribution in [-0.4, -0.2) is 92.9 Å². The number of piperazine rings is 1. The molecule has 0 aromatic carbocycles. The standard InChI is InChI=1S/C17H20F3N3O6S2/c1-29-16(26)12-7-14(30-9-12)31(27,28)23-4-2-21(3-5-23)15(25)11-6-13(24)22(8-11)10-17(18,19)20/h7,9,11H,2-6,8,10H2,1H3. The van der Waals surface area contributed by atoms with E-state index in [2.05, 4.69) is 4.74 Å². The van der Waals surface area contributed by atoms with Gasteiger partial charge in [0.15, 0.2) is 0 Å². The highest BCUT2D eigenvalue weighted by molar-refractivity contribution is 7.91. The number of sulfonamides is 1. The van der Waals surface area contributed by atoms with E-state index >= 15 is 0 Å². The van der Waals surface area contributed by atoms with Gasteiger partial charge in [0, 0.05) is 44.5 Å². The molecule has 1 aromatic heterocycles. The Hall–Kier alpha value is -2.19. The Morgan fingerprint density at radius 3 is 2.45 bits per heavy atom. The highest BCUT2D eigenvalue weighted by Gasteiger charge is 2.42. The summed E-state index contributed by atoms with van der Waals surface area (Å²) in [5.74, 6) is -2.72. The first-order valence-corrected chi connectivity index (χ1v) is 11.5. The number of hydrogen-bond donors (Lipinski definition) is 0. The molecule has 31 heavy (non-hydrogen) atoms. The molecule has 0 aliphatic carbocycles. The molecular formula is C17H20F3N3O6S2. The number of amides is 2. The molecule has 2 saturated heterocycles. The van der Waals surface area contributed by atoms with Gasteiger partial charge in [0.05, 0.1) is 18.6 Å². The zero-order chi connectivity index (χ0) is 23.0. The second kappa shape index (κ2) is 8.74. The summed E-state index contributed by atoms with van der Waals surface area (Å²) in [4.78, 5) is 38.0. The van der Waals surface area contributed by atoms with Gasteiger partial charge >= 0.3 is 12.1 Å². The number of nitrogens with zero attached hydrogens (tertiary/aromatic N) is 3. The van der Waals surface area contributed by atoms with Gasteiger partial charge in [0.25, 0.3) is 10.0 Å². The van der Waals surface area contributed by atoms with Crippen LogP contribution in [-0.2, 0) is 24.3 Å². The molecule has 172 valence electrons. The third-order valence-electron chi connectivity index (χ3n) is 5.07. The predicted octanol–water partition coefficient (Wildman–Crippen LogP) is 0.778. The lowest BCUT2D eigenvalue weighted by Crippen LogP contribution is -2.52. The van der Waals surface area contributed by atoms with Crippen molar-refractivity contribution in [2.75, 3.05) is 46.4 Å². The molecule has 14 heteroatoms. The van der Waals surface area contributed by atoms with Crippen LogP contribution < -0.4 is 0 Å². The van der Waals surface area contributed by atoms with Crippen LogP contribution in [0.25, 0.3) is 0 Å². The molecule has 2 amide bonds. The fraction of sp³-hybridized carbons (Fsp3) is 0.588. The average Bonchev–Trinajstić information content (AvgIpc) is 3.34. The number of carbonyl (C=O) groups excluding carboxylic acids is 3. The SMILES string of the molecule is COC(=O)c1csc(S(=O)(=O)N2CCN(C(=O)C3CC(=O)N(CC(F)(F)F)C3)CC2)c1. The zero-order valence-electron chi connectivity index (χ0n) is 16.4. The van der Waals surface area contributed by atoms with Gasteiger partial charge in [-0.25, -0.2) is 13.2 Å². The summed E-state index contributed by atoms with van der Waals surface area (Å²) in [6.45, 7) is -1.61. The summed E-state index contributed by atoms with van der Waals surface area (Å²) in [5, 5.41) is 1.38. The van der Waals surface area contributed by atoms with E-state index in [-0.39, 0.29) is 48.9 Å². The summed E-state index contributed by atoms with van der Waals surface area (Å²) in [5.41, 5.74) is 0.120. The zero-order valence-corrected chi connectivity index (χ0v) is 18.1.